The summed E-state index contributed by atoms with van der Waals surface area (Å²) in [4.78, 5) is 15.4. The van der Waals surface area contributed by atoms with E-state index in [0.29, 0.717) is 23.8 Å². The Bertz CT molecular complexity index is 863. The van der Waals surface area contributed by atoms with Gasteiger partial charge in [0.25, 0.3) is 0 Å². The van der Waals surface area contributed by atoms with E-state index in [1.54, 1.807) is 0 Å². The number of aromatic nitrogens is 2. The molecule has 3 rings (SSSR count). The average molecular weight is 358 g/mol. The molecule has 0 aliphatic rings. The smallest absolute Gasteiger partial charge is 0.207 e. The second-order valence-corrected chi connectivity index (χ2v) is 6.16. The van der Waals surface area contributed by atoms with Crippen LogP contribution >= 0.6 is 11.6 Å². The first-order valence-electron chi connectivity index (χ1n) is 8.23. The first-order chi connectivity index (χ1) is 12.2. The van der Waals surface area contributed by atoms with Crippen LogP contribution in [0.3, 0.4) is 0 Å². The monoisotopic (exact) mass is 357 g/mol. The normalized spacial score (nSPS) is 12.1. The topological polar surface area (TPSA) is 56.2 Å². The Morgan fingerprint density at radius 1 is 1.24 bits per heavy atom. The summed E-state index contributed by atoms with van der Waals surface area (Å²) in [7, 11) is 0. The van der Waals surface area contributed by atoms with Gasteiger partial charge >= 0.3 is 0 Å². The number of hydrogen-bond acceptors (Lipinski definition) is 3. The molecule has 1 unspecified atom stereocenters. The maximum atomic E-state index is 10.8. The molecule has 0 aliphatic carbocycles. The fraction of sp³-hybridized carbons (Fsp3) is 0.263. The minimum absolute atomic E-state index is 0.158. The van der Waals surface area contributed by atoms with Gasteiger partial charge in [-0.3, -0.25) is 4.79 Å². The number of para-hydroxylation sites is 3. The Labute approximate surface area is 151 Å². The van der Waals surface area contributed by atoms with E-state index in [1.165, 1.54) is 0 Å². The van der Waals surface area contributed by atoms with E-state index in [0.717, 1.165) is 29.8 Å². The molecule has 1 heterocycles. The molecule has 0 aliphatic heterocycles. The zero-order valence-electron chi connectivity index (χ0n) is 14.0. The van der Waals surface area contributed by atoms with Crippen molar-refractivity contribution in [2.45, 2.75) is 25.9 Å². The van der Waals surface area contributed by atoms with Crippen LogP contribution in [-0.2, 0) is 11.3 Å². The summed E-state index contributed by atoms with van der Waals surface area (Å²) in [6, 6.07) is 15.2. The van der Waals surface area contributed by atoms with Crippen LogP contribution in [0.15, 0.2) is 48.5 Å². The number of hydrogen-bond donors (Lipinski definition) is 1. The van der Waals surface area contributed by atoms with Gasteiger partial charge in [-0.15, -0.1) is 0 Å². The van der Waals surface area contributed by atoms with Crippen LogP contribution in [0.25, 0.3) is 11.0 Å². The fourth-order valence-electron chi connectivity index (χ4n) is 2.80. The molecule has 0 radical (unpaired) electrons. The number of amides is 1. The maximum Gasteiger partial charge on any atom is 0.207 e. The third-order valence-electron chi connectivity index (χ3n) is 4.01. The average Bonchev–Trinajstić information content (AvgIpc) is 2.99. The zero-order valence-corrected chi connectivity index (χ0v) is 14.7. The van der Waals surface area contributed by atoms with Crippen LogP contribution in [-0.4, -0.2) is 22.6 Å². The lowest BCUT2D eigenvalue weighted by molar-refractivity contribution is -0.110. The summed E-state index contributed by atoms with van der Waals surface area (Å²) in [5.41, 5.74) is 1.97. The molecular formula is C19H20ClN3O2. The van der Waals surface area contributed by atoms with Crippen LogP contribution in [0, 0.1) is 0 Å². The molecule has 2 aromatic carbocycles. The number of carbonyl (C=O) groups excluding carboxylic acids is 1. The minimum atomic E-state index is -0.158. The highest BCUT2D eigenvalue weighted by Crippen LogP contribution is 2.24. The second kappa shape index (κ2) is 8.03. The second-order valence-electron chi connectivity index (χ2n) is 5.75. The fourth-order valence-corrected chi connectivity index (χ4v) is 2.99. The van der Waals surface area contributed by atoms with E-state index in [2.05, 4.69) is 14.9 Å². The van der Waals surface area contributed by atoms with E-state index >= 15 is 0 Å². The Morgan fingerprint density at radius 3 is 2.80 bits per heavy atom. The number of nitrogens with zero attached hydrogens (tertiary/aromatic N) is 2. The highest BCUT2D eigenvalue weighted by Gasteiger charge is 2.15. The third kappa shape index (κ3) is 3.94. The molecule has 0 saturated heterocycles. The Hall–Kier alpha value is -2.53. The largest absolute Gasteiger partial charge is 0.492 e. The molecule has 25 heavy (non-hydrogen) atoms. The molecule has 0 fully saturated rings. The standard InChI is InChI=1S/C19H20ClN3O2/c1-14(21-13-24)19-22-16-8-3-4-9-17(16)23(19)11-6-12-25-18-10-5-2-7-15(18)20/h2-5,7-10,13-14H,6,11-12H2,1H3,(H,21,24). The van der Waals surface area contributed by atoms with Gasteiger partial charge in [-0.2, -0.15) is 0 Å². The first kappa shape index (κ1) is 17.3. The molecule has 1 aromatic heterocycles. The zero-order chi connectivity index (χ0) is 17.6. The van der Waals surface area contributed by atoms with E-state index in [1.807, 2.05) is 55.5 Å². The first-order valence-corrected chi connectivity index (χ1v) is 8.60. The molecule has 0 spiro atoms. The van der Waals surface area contributed by atoms with Gasteiger partial charge < -0.3 is 14.6 Å². The summed E-state index contributed by atoms with van der Waals surface area (Å²) in [5, 5.41) is 3.39. The summed E-state index contributed by atoms with van der Waals surface area (Å²) in [6.45, 7) is 3.21. The van der Waals surface area contributed by atoms with Crippen molar-refractivity contribution in [1.82, 2.24) is 14.9 Å². The van der Waals surface area contributed by atoms with Crippen LogP contribution in [0.5, 0.6) is 5.75 Å². The maximum absolute atomic E-state index is 10.8. The number of imidazole rings is 1. The predicted molar refractivity (Wildman–Crippen MR) is 98.9 cm³/mol. The lowest BCUT2D eigenvalue weighted by Gasteiger charge is -2.14. The molecule has 1 atom stereocenters. The van der Waals surface area contributed by atoms with Gasteiger partial charge in [0.1, 0.15) is 11.6 Å². The van der Waals surface area contributed by atoms with E-state index in [9.17, 15) is 4.79 Å². The quantitative estimate of drug-likeness (QED) is 0.490. The lowest BCUT2D eigenvalue weighted by Crippen LogP contribution is -2.21. The highest BCUT2D eigenvalue weighted by molar-refractivity contribution is 6.32. The molecule has 6 heteroatoms. The van der Waals surface area contributed by atoms with Crippen molar-refractivity contribution in [1.29, 1.82) is 0 Å². The van der Waals surface area contributed by atoms with Crippen LogP contribution < -0.4 is 10.1 Å². The van der Waals surface area contributed by atoms with Gasteiger partial charge in [0.15, 0.2) is 0 Å². The molecule has 1 amide bonds. The number of aryl methyl sites for hydroxylation is 1. The van der Waals surface area contributed by atoms with E-state index in [-0.39, 0.29) is 6.04 Å². The van der Waals surface area contributed by atoms with Crippen molar-refractivity contribution >= 4 is 29.0 Å². The summed E-state index contributed by atoms with van der Waals surface area (Å²) >= 11 is 6.10. The Morgan fingerprint density at radius 2 is 2.00 bits per heavy atom. The van der Waals surface area contributed by atoms with Crippen molar-refractivity contribution in [3.8, 4) is 5.75 Å². The molecule has 130 valence electrons. The SMILES string of the molecule is CC(NC=O)c1nc2ccccc2n1CCCOc1ccccc1Cl. The van der Waals surface area contributed by atoms with Gasteiger partial charge in [0.2, 0.25) is 6.41 Å². The van der Waals surface area contributed by atoms with Gasteiger partial charge in [0, 0.05) is 6.54 Å². The van der Waals surface area contributed by atoms with Crippen LogP contribution in [0.1, 0.15) is 25.2 Å². The lowest BCUT2D eigenvalue weighted by atomic mass is 10.3. The van der Waals surface area contributed by atoms with Gasteiger partial charge in [-0.1, -0.05) is 35.9 Å². The molecule has 5 nitrogen and oxygen atoms in total. The van der Waals surface area contributed by atoms with Crippen molar-refractivity contribution in [3.05, 3.63) is 59.4 Å². The summed E-state index contributed by atoms with van der Waals surface area (Å²) in [5.74, 6) is 1.53. The van der Waals surface area contributed by atoms with E-state index in [4.69, 9.17) is 16.3 Å². The number of fused-ring (bicyclic) bond motifs is 1. The Balaban J connectivity index is 1.72. The molecule has 0 saturated carbocycles. The summed E-state index contributed by atoms with van der Waals surface area (Å²) < 4.78 is 7.89. The Kier molecular flexibility index (Phi) is 5.56. The molecular weight excluding hydrogens is 338 g/mol. The number of nitrogens with one attached hydrogen (secondary N) is 1. The minimum Gasteiger partial charge on any atom is -0.492 e. The van der Waals surface area contributed by atoms with Crippen LogP contribution in [0.4, 0.5) is 0 Å². The number of carbonyl (C=O) groups is 1. The van der Waals surface area contributed by atoms with Crippen molar-refractivity contribution in [2.24, 2.45) is 0 Å². The predicted octanol–water partition coefficient (Wildman–Crippen LogP) is 3.97. The molecule has 3 aromatic rings. The number of benzene rings is 2. The van der Waals surface area contributed by atoms with Gasteiger partial charge in [-0.25, -0.2) is 4.98 Å². The van der Waals surface area contributed by atoms with Crippen molar-refractivity contribution in [2.75, 3.05) is 6.61 Å². The van der Waals surface area contributed by atoms with Gasteiger partial charge in [0.05, 0.1) is 28.7 Å². The van der Waals surface area contributed by atoms with Crippen molar-refractivity contribution < 1.29 is 9.53 Å². The number of ether oxygens (including phenoxy) is 1. The third-order valence-corrected chi connectivity index (χ3v) is 4.32. The molecule has 0 bridgehead atoms. The van der Waals surface area contributed by atoms with E-state index < -0.39 is 0 Å². The molecule has 1 N–H and O–H groups in total. The van der Waals surface area contributed by atoms with Gasteiger partial charge in [-0.05, 0) is 37.6 Å². The number of halogens is 1. The summed E-state index contributed by atoms with van der Waals surface area (Å²) in [6.07, 6.45) is 1.50. The highest BCUT2D eigenvalue weighted by atomic mass is 35.5. The number of rotatable bonds is 8. The van der Waals surface area contributed by atoms with Crippen LogP contribution in [0.2, 0.25) is 5.02 Å². The van der Waals surface area contributed by atoms with Crippen molar-refractivity contribution in [3.63, 3.8) is 0 Å².